The Morgan fingerprint density at radius 2 is 1.90 bits per heavy atom. The van der Waals surface area contributed by atoms with Crippen molar-refractivity contribution in [3.63, 3.8) is 0 Å². The van der Waals surface area contributed by atoms with Gasteiger partial charge in [0.1, 0.15) is 12.4 Å². The molecule has 2 N–H and O–H groups in total. The first-order valence-corrected chi connectivity index (χ1v) is 6.65. The average molecular weight is 272 g/mol. The molecule has 2 rings (SSSR count). The van der Waals surface area contributed by atoms with Crippen LogP contribution in [0.1, 0.15) is 18.1 Å². The first-order valence-electron chi connectivity index (χ1n) is 6.65. The van der Waals surface area contributed by atoms with Gasteiger partial charge in [-0.25, -0.2) is 4.98 Å². The van der Waals surface area contributed by atoms with Crippen molar-refractivity contribution in [2.45, 2.75) is 26.0 Å². The molecule has 1 unspecified atom stereocenters. The van der Waals surface area contributed by atoms with Crippen LogP contribution in [-0.2, 0) is 13.0 Å². The van der Waals surface area contributed by atoms with Gasteiger partial charge in [0.2, 0.25) is 5.88 Å². The fourth-order valence-corrected chi connectivity index (χ4v) is 2.03. The van der Waals surface area contributed by atoms with Crippen molar-refractivity contribution < 1.29 is 9.47 Å². The molecule has 106 valence electrons. The number of hydrogen-bond acceptors (Lipinski definition) is 4. The Labute approximate surface area is 119 Å². The molecule has 0 bridgehead atoms. The number of para-hydroxylation sites is 1. The van der Waals surface area contributed by atoms with E-state index in [2.05, 4.69) is 4.98 Å². The van der Waals surface area contributed by atoms with Crippen molar-refractivity contribution in [2.75, 3.05) is 7.11 Å². The third-order valence-electron chi connectivity index (χ3n) is 2.94. The summed E-state index contributed by atoms with van der Waals surface area (Å²) in [5.41, 5.74) is 7.90. The lowest BCUT2D eigenvalue weighted by Gasteiger charge is -2.14. The van der Waals surface area contributed by atoms with Crippen molar-refractivity contribution in [3.05, 3.63) is 53.7 Å². The van der Waals surface area contributed by atoms with E-state index in [4.69, 9.17) is 15.2 Å². The summed E-state index contributed by atoms with van der Waals surface area (Å²) < 4.78 is 11.1. The fourth-order valence-electron chi connectivity index (χ4n) is 2.03. The van der Waals surface area contributed by atoms with Gasteiger partial charge < -0.3 is 15.2 Å². The van der Waals surface area contributed by atoms with Crippen molar-refractivity contribution >= 4 is 0 Å². The van der Waals surface area contributed by atoms with Crippen molar-refractivity contribution in [1.82, 2.24) is 4.98 Å². The van der Waals surface area contributed by atoms with Gasteiger partial charge in [0.05, 0.1) is 12.7 Å². The average Bonchev–Trinajstić information content (AvgIpc) is 2.46. The van der Waals surface area contributed by atoms with E-state index < -0.39 is 0 Å². The van der Waals surface area contributed by atoms with Gasteiger partial charge in [0, 0.05) is 12.2 Å². The molecule has 0 saturated carbocycles. The van der Waals surface area contributed by atoms with Crippen LogP contribution in [0.4, 0.5) is 0 Å². The summed E-state index contributed by atoms with van der Waals surface area (Å²) in [6.45, 7) is 2.41. The number of benzene rings is 1. The van der Waals surface area contributed by atoms with Gasteiger partial charge in [-0.05, 0) is 37.1 Å². The molecule has 0 aliphatic heterocycles. The maximum Gasteiger partial charge on any atom is 0.219 e. The first kappa shape index (κ1) is 14.3. The van der Waals surface area contributed by atoms with Gasteiger partial charge in [-0.1, -0.05) is 18.2 Å². The van der Waals surface area contributed by atoms with Crippen molar-refractivity contribution in [1.29, 1.82) is 0 Å². The van der Waals surface area contributed by atoms with Crippen molar-refractivity contribution in [3.8, 4) is 11.6 Å². The standard InChI is InChI=1S/C16H20N2O2/c1-12(17)10-13-6-3-4-8-15(13)20-11-14-7-5-9-18-16(14)19-2/h3-9,12H,10-11,17H2,1-2H3. The molecule has 0 aliphatic carbocycles. The molecule has 0 spiro atoms. The van der Waals surface area contributed by atoms with Crippen LogP contribution in [0.2, 0.25) is 0 Å². The minimum Gasteiger partial charge on any atom is -0.488 e. The number of rotatable bonds is 6. The monoisotopic (exact) mass is 272 g/mol. The number of ether oxygens (including phenoxy) is 2. The molecule has 4 nitrogen and oxygen atoms in total. The summed E-state index contributed by atoms with van der Waals surface area (Å²) >= 11 is 0. The molecular formula is C16H20N2O2. The van der Waals surface area contributed by atoms with E-state index in [9.17, 15) is 0 Å². The Balaban J connectivity index is 2.11. The normalized spacial score (nSPS) is 11.9. The molecular weight excluding hydrogens is 252 g/mol. The van der Waals surface area contributed by atoms with Crippen LogP contribution < -0.4 is 15.2 Å². The lowest BCUT2D eigenvalue weighted by Crippen LogP contribution is -2.18. The number of methoxy groups -OCH3 is 1. The molecule has 0 aliphatic rings. The van der Waals surface area contributed by atoms with Gasteiger partial charge in [-0.2, -0.15) is 0 Å². The topological polar surface area (TPSA) is 57.4 Å². The van der Waals surface area contributed by atoms with E-state index in [0.717, 1.165) is 23.3 Å². The molecule has 0 fully saturated rings. The SMILES string of the molecule is COc1ncccc1COc1ccccc1CC(C)N. The molecule has 0 amide bonds. The lowest BCUT2D eigenvalue weighted by molar-refractivity contribution is 0.290. The third kappa shape index (κ3) is 3.71. The lowest BCUT2D eigenvalue weighted by atomic mass is 10.1. The second-order valence-corrected chi connectivity index (χ2v) is 4.75. The minimum atomic E-state index is 0.104. The van der Waals surface area contributed by atoms with Gasteiger partial charge in [0.25, 0.3) is 0 Å². The predicted octanol–water partition coefficient (Wildman–Crippen LogP) is 2.56. The third-order valence-corrected chi connectivity index (χ3v) is 2.94. The summed E-state index contributed by atoms with van der Waals surface area (Å²) in [6.07, 6.45) is 2.49. The van der Waals surface area contributed by atoms with Crippen LogP contribution in [0, 0.1) is 0 Å². The van der Waals surface area contributed by atoms with E-state index in [1.54, 1.807) is 13.3 Å². The summed E-state index contributed by atoms with van der Waals surface area (Å²) in [6, 6.07) is 11.9. The number of aromatic nitrogens is 1. The Bertz CT molecular complexity index is 556. The summed E-state index contributed by atoms with van der Waals surface area (Å²) in [5.74, 6) is 1.45. The van der Waals surface area contributed by atoms with Crippen LogP contribution in [0.25, 0.3) is 0 Å². The van der Waals surface area contributed by atoms with Crippen LogP contribution in [0.3, 0.4) is 0 Å². The van der Waals surface area contributed by atoms with E-state index in [1.807, 2.05) is 43.3 Å². The van der Waals surface area contributed by atoms with E-state index in [1.165, 1.54) is 0 Å². The molecule has 0 radical (unpaired) electrons. The molecule has 0 saturated heterocycles. The number of hydrogen-bond donors (Lipinski definition) is 1. The molecule has 20 heavy (non-hydrogen) atoms. The zero-order valence-corrected chi connectivity index (χ0v) is 11.9. The zero-order valence-electron chi connectivity index (χ0n) is 11.9. The van der Waals surface area contributed by atoms with E-state index >= 15 is 0 Å². The second kappa shape index (κ2) is 6.91. The second-order valence-electron chi connectivity index (χ2n) is 4.75. The first-order chi connectivity index (χ1) is 9.70. The molecule has 1 atom stereocenters. The Hall–Kier alpha value is -2.07. The van der Waals surface area contributed by atoms with Crippen LogP contribution in [0.5, 0.6) is 11.6 Å². The van der Waals surface area contributed by atoms with E-state index in [0.29, 0.717) is 12.5 Å². The quantitative estimate of drug-likeness (QED) is 0.878. The summed E-state index contributed by atoms with van der Waals surface area (Å²) in [5, 5.41) is 0. The zero-order chi connectivity index (χ0) is 14.4. The van der Waals surface area contributed by atoms with E-state index in [-0.39, 0.29) is 6.04 Å². The molecule has 2 aromatic rings. The number of nitrogens with two attached hydrogens (primary N) is 1. The molecule has 1 heterocycles. The van der Waals surface area contributed by atoms with Crippen molar-refractivity contribution in [2.24, 2.45) is 5.73 Å². The highest BCUT2D eigenvalue weighted by molar-refractivity contribution is 5.34. The fraction of sp³-hybridized carbons (Fsp3) is 0.312. The van der Waals surface area contributed by atoms with Crippen LogP contribution >= 0.6 is 0 Å². The molecule has 1 aromatic heterocycles. The predicted molar refractivity (Wildman–Crippen MR) is 78.9 cm³/mol. The Kier molecular flexibility index (Phi) is 4.96. The Morgan fingerprint density at radius 3 is 2.65 bits per heavy atom. The smallest absolute Gasteiger partial charge is 0.219 e. The summed E-state index contributed by atoms with van der Waals surface area (Å²) in [4.78, 5) is 4.16. The highest BCUT2D eigenvalue weighted by Gasteiger charge is 2.08. The van der Waals surface area contributed by atoms with Gasteiger partial charge in [-0.3, -0.25) is 0 Å². The Morgan fingerprint density at radius 1 is 1.15 bits per heavy atom. The largest absolute Gasteiger partial charge is 0.488 e. The minimum absolute atomic E-state index is 0.104. The van der Waals surface area contributed by atoms with Gasteiger partial charge in [0.15, 0.2) is 0 Å². The highest BCUT2D eigenvalue weighted by atomic mass is 16.5. The maximum absolute atomic E-state index is 5.89. The molecule has 1 aromatic carbocycles. The van der Waals surface area contributed by atoms with Crippen LogP contribution in [-0.4, -0.2) is 18.1 Å². The summed E-state index contributed by atoms with van der Waals surface area (Å²) in [7, 11) is 1.61. The van der Waals surface area contributed by atoms with Crippen LogP contribution in [0.15, 0.2) is 42.6 Å². The maximum atomic E-state index is 5.89. The highest BCUT2D eigenvalue weighted by Crippen LogP contribution is 2.22. The number of nitrogens with zero attached hydrogens (tertiary/aromatic N) is 1. The van der Waals surface area contributed by atoms with Gasteiger partial charge >= 0.3 is 0 Å². The van der Waals surface area contributed by atoms with Gasteiger partial charge in [-0.15, -0.1) is 0 Å². The number of pyridine rings is 1. The molecule has 4 heteroatoms.